The van der Waals surface area contributed by atoms with Crippen LogP contribution in [0.5, 0.6) is 0 Å². The molecule has 3 N–H and O–H groups in total. The van der Waals surface area contributed by atoms with Crippen LogP contribution in [0.4, 0.5) is 14.5 Å². The molecule has 21 heavy (non-hydrogen) atoms. The van der Waals surface area contributed by atoms with Crippen LogP contribution in [-0.4, -0.2) is 11.5 Å². The van der Waals surface area contributed by atoms with Crippen LogP contribution in [0.25, 0.3) is 0 Å². The SMILES string of the molecule is Cc1cc(F)ccc1CCNc1ccc(F)cc1C(N)=S. The Balaban J connectivity index is 2.05. The number of halogens is 2. The van der Waals surface area contributed by atoms with Gasteiger partial charge in [-0.3, -0.25) is 0 Å². The van der Waals surface area contributed by atoms with Crippen molar-refractivity contribution < 1.29 is 8.78 Å². The number of benzene rings is 2. The van der Waals surface area contributed by atoms with E-state index in [1.54, 1.807) is 12.1 Å². The van der Waals surface area contributed by atoms with Crippen molar-refractivity contribution in [3.8, 4) is 0 Å². The second-order valence-electron chi connectivity index (χ2n) is 4.80. The third-order valence-corrected chi connectivity index (χ3v) is 3.48. The maximum atomic E-state index is 13.2. The van der Waals surface area contributed by atoms with Gasteiger partial charge in [-0.25, -0.2) is 8.78 Å². The van der Waals surface area contributed by atoms with E-state index >= 15 is 0 Å². The molecule has 0 saturated heterocycles. The number of nitrogens with one attached hydrogen (secondary N) is 1. The molecule has 0 atom stereocenters. The zero-order valence-corrected chi connectivity index (χ0v) is 12.4. The molecule has 0 spiro atoms. The monoisotopic (exact) mass is 306 g/mol. The second-order valence-corrected chi connectivity index (χ2v) is 5.24. The van der Waals surface area contributed by atoms with Gasteiger partial charge in [-0.2, -0.15) is 0 Å². The minimum atomic E-state index is -0.377. The first-order valence-electron chi connectivity index (χ1n) is 6.55. The third kappa shape index (κ3) is 3.98. The van der Waals surface area contributed by atoms with Gasteiger partial charge in [0.2, 0.25) is 0 Å². The van der Waals surface area contributed by atoms with Crippen molar-refractivity contribution in [1.82, 2.24) is 0 Å². The first-order chi connectivity index (χ1) is 9.97. The molecule has 0 bridgehead atoms. The minimum Gasteiger partial charge on any atom is -0.389 e. The Hall–Kier alpha value is -2.01. The fraction of sp³-hybridized carbons (Fsp3) is 0.188. The Bertz CT molecular complexity index is 671. The van der Waals surface area contributed by atoms with Crippen molar-refractivity contribution in [3.05, 3.63) is 64.7 Å². The number of anilines is 1. The summed E-state index contributed by atoms with van der Waals surface area (Å²) in [6, 6.07) is 9.00. The van der Waals surface area contributed by atoms with Crippen LogP contribution < -0.4 is 11.1 Å². The Morgan fingerprint density at radius 1 is 1.14 bits per heavy atom. The molecule has 0 aliphatic heterocycles. The first-order valence-corrected chi connectivity index (χ1v) is 6.96. The zero-order chi connectivity index (χ0) is 15.4. The van der Waals surface area contributed by atoms with Gasteiger partial charge < -0.3 is 11.1 Å². The summed E-state index contributed by atoms with van der Waals surface area (Å²) in [5, 5.41) is 3.18. The van der Waals surface area contributed by atoms with Crippen LogP contribution >= 0.6 is 12.2 Å². The topological polar surface area (TPSA) is 38.0 Å². The highest BCUT2D eigenvalue weighted by Crippen LogP contribution is 2.17. The van der Waals surface area contributed by atoms with Crippen molar-refractivity contribution in [2.45, 2.75) is 13.3 Å². The van der Waals surface area contributed by atoms with E-state index in [0.29, 0.717) is 17.8 Å². The quantitative estimate of drug-likeness (QED) is 0.830. The molecule has 5 heteroatoms. The largest absolute Gasteiger partial charge is 0.389 e. The van der Waals surface area contributed by atoms with E-state index in [1.807, 2.05) is 6.92 Å². The van der Waals surface area contributed by atoms with E-state index in [2.05, 4.69) is 5.32 Å². The Morgan fingerprint density at radius 3 is 2.48 bits per heavy atom. The number of aryl methyl sites for hydroxylation is 1. The normalized spacial score (nSPS) is 10.4. The lowest BCUT2D eigenvalue weighted by Gasteiger charge is -2.12. The van der Waals surface area contributed by atoms with Gasteiger partial charge in [-0.05, 0) is 54.8 Å². The summed E-state index contributed by atoms with van der Waals surface area (Å²) in [7, 11) is 0. The Labute approximate surface area is 128 Å². The van der Waals surface area contributed by atoms with Gasteiger partial charge in [0.1, 0.15) is 16.6 Å². The smallest absolute Gasteiger partial charge is 0.124 e. The molecule has 2 rings (SSSR count). The zero-order valence-electron chi connectivity index (χ0n) is 11.6. The summed E-state index contributed by atoms with van der Waals surface area (Å²) < 4.78 is 26.2. The Morgan fingerprint density at radius 2 is 1.81 bits per heavy atom. The molecule has 0 aliphatic rings. The molecule has 0 aromatic heterocycles. The highest BCUT2D eigenvalue weighted by Gasteiger charge is 2.07. The Kier molecular flexibility index (Phi) is 4.85. The number of rotatable bonds is 5. The van der Waals surface area contributed by atoms with E-state index in [4.69, 9.17) is 18.0 Å². The van der Waals surface area contributed by atoms with E-state index in [9.17, 15) is 8.78 Å². The van der Waals surface area contributed by atoms with Crippen molar-refractivity contribution in [3.63, 3.8) is 0 Å². The molecular weight excluding hydrogens is 290 g/mol. The van der Waals surface area contributed by atoms with E-state index in [0.717, 1.165) is 17.5 Å². The van der Waals surface area contributed by atoms with E-state index in [-0.39, 0.29) is 16.6 Å². The van der Waals surface area contributed by atoms with Crippen molar-refractivity contribution in [1.29, 1.82) is 0 Å². The number of hydrogen-bond acceptors (Lipinski definition) is 2. The summed E-state index contributed by atoms with van der Waals surface area (Å²) in [5.74, 6) is -0.615. The lowest BCUT2D eigenvalue weighted by Crippen LogP contribution is -2.15. The molecule has 0 unspecified atom stereocenters. The molecule has 2 aromatic carbocycles. The summed E-state index contributed by atoms with van der Waals surface area (Å²) in [6.07, 6.45) is 0.722. The second kappa shape index (κ2) is 6.63. The fourth-order valence-corrected chi connectivity index (χ4v) is 2.31. The molecule has 0 aliphatic carbocycles. The van der Waals surface area contributed by atoms with Gasteiger partial charge in [-0.15, -0.1) is 0 Å². The van der Waals surface area contributed by atoms with Crippen LogP contribution in [0, 0.1) is 18.6 Å². The third-order valence-electron chi connectivity index (χ3n) is 3.26. The maximum absolute atomic E-state index is 13.2. The number of thiocarbonyl (C=S) groups is 1. The first kappa shape index (κ1) is 15.4. The highest BCUT2D eigenvalue weighted by molar-refractivity contribution is 7.80. The molecular formula is C16H16F2N2S. The van der Waals surface area contributed by atoms with Crippen LogP contribution in [0.1, 0.15) is 16.7 Å². The molecule has 2 aromatic rings. The van der Waals surface area contributed by atoms with Gasteiger partial charge in [-0.1, -0.05) is 18.3 Å². The van der Waals surface area contributed by atoms with Crippen LogP contribution in [0.15, 0.2) is 36.4 Å². The van der Waals surface area contributed by atoms with E-state index in [1.165, 1.54) is 24.3 Å². The summed E-state index contributed by atoms with van der Waals surface area (Å²) in [4.78, 5) is 0.148. The standard InChI is InChI=1S/C16H16F2N2S/c1-10-8-12(17)3-2-11(10)6-7-20-15-5-4-13(18)9-14(15)16(19)21/h2-5,8-9,20H,6-7H2,1H3,(H2,19,21). The summed E-state index contributed by atoms with van der Waals surface area (Å²) in [5.41, 5.74) is 8.74. The summed E-state index contributed by atoms with van der Waals surface area (Å²) in [6.45, 7) is 2.49. The predicted molar refractivity (Wildman–Crippen MR) is 85.6 cm³/mol. The maximum Gasteiger partial charge on any atom is 0.124 e. The van der Waals surface area contributed by atoms with Gasteiger partial charge in [0, 0.05) is 17.8 Å². The molecule has 0 saturated carbocycles. The molecule has 0 radical (unpaired) electrons. The number of hydrogen-bond donors (Lipinski definition) is 2. The lowest BCUT2D eigenvalue weighted by molar-refractivity contribution is 0.625. The van der Waals surface area contributed by atoms with Crippen molar-refractivity contribution in [2.75, 3.05) is 11.9 Å². The van der Waals surface area contributed by atoms with Gasteiger partial charge in [0.15, 0.2) is 0 Å². The van der Waals surface area contributed by atoms with Gasteiger partial charge in [0.25, 0.3) is 0 Å². The lowest BCUT2D eigenvalue weighted by atomic mass is 10.1. The molecule has 0 fully saturated rings. The molecule has 0 heterocycles. The minimum absolute atomic E-state index is 0.148. The molecule has 2 nitrogen and oxygen atoms in total. The molecule has 110 valence electrons. The fourth-order valence-electron chi connectivity index (χ4n) is 2.15. The van der Waals surface area contributed by atoms with Gasteiger partial charge in [0.05, 0.1) is 0 Å². The average molecular weight is 306 g/mol. The van der Waals surface area contributed by atoms with Crippen LogP contribution in [0.2, 0.25) is 0 Å². The molecule has 0 amide bonds. The van der Waals surface area contributed by atoms with Crippen LogP contribution in [0.3, 0.4) is 0 Å². The number of nitrogens with two attached hydrogens (primary N) is 1. The average Bonchev–Trinajstić information content (AvgIpc) is 2.42. The van der Waals surface area contributed by atoms with Crippen molar-refractivity contribution in [2.24, 2.45) is 5.73 Å². The highest BCUT2D eigenvalue weighted by atomic mass is 32.1. The van der Waals surface area contributed by atoms with Crippen molar-refractivity contribution >= 4 is 22.9 Å². The van der Waals surface area contributed by atoms with Gasteiger partial charge >= 0.3 is 0 Å². The summed E-state index contributed by atoms with van der Waals surface area (Å²) >= 11 is 4.92. The van der Waals surface area contributed by atoms with E-state index < -0.39 is 0 Å². The van der Waals surface area contributed by atoms with Crippen LogP contribution in [-0.2, 0) is 6.42 Å². The predicted octanol–water partition coefficient (Wildman–Crippen LogP) is 3.56.